The van der Waals surface area contributed by atoms with E-state index in [1.54, 1.807) is 6.26 Å². The first-order valence-corrected chi connectivity index (χ1v) is 4.71. The van der Waals surface area contributed by atoms with E-state index in [1.807, 2.05) is 13.0 Å². The molecule has 0 amide bonds. The number of nitrogens with two attached hydrogens (primary N) is 1. The quantitative estimate of drug-likeness (QED) is 0.559. The van der Waals surface area contributed by atoms with Crippen molar-refractivity contribution in [3.8, 4) is 0 Å². The van der Waals surface area contributed by atoms with Crippen LogP contribution in [0.4, 0.5) is 0 Å². The molecule has 0 spiro atoms. The van der Waals surface area contributed by atoms with Crippen molar-refractivity contribution in [2.24, 2.45) is 5.73 Å². The molecule has 0 aliphatic heterocycles. The van der Waals surface area contributed by atoms with Crippen molar-refractivity contribution in [1.82, 2.24) is 0 Å². The number of rotatable bonds is 6. The van der Waals surface area contributed by atoms with Gasteiger partial charge in [-0.15, -0.1) is 6.58 Å². The van der Waals surface area contributed by atoms with Crippen LogP contribution in [0, 0.1) is 0 Å². The Labute approximate surface area is 84.5 Å². The first-order chi connectivity index (χ1) is 6.74. The van der Waals surface area contributed by atoms with E-state index in [0.717, 1.165) is 23.3 Å². The van der Waals surface area contributed by atoms with E-state index >= 15 is 0 Å². The lowest BCUT2D eigenvalue weighted by Crippen LogP contribution is -2.01. The van der Waals surface area contributed by atoms with Crippen LogP contribution in [0.5, 0.6) is 0 Å². The van der Waals surface area contributed by atoms with Crippen LogP contribution in [0.25, 0.3) is 0 Å². The van der Waals surface area contributed by atoms with E-state index in [4.69, 9.17) is 14.9 Å². The van der Waals surface area contributed by atoms with Gasteiger partial charge in [-0.05, 0) is 19.4 Å². The molecule has 1 heterocycles. The highest BCUT2D eigenvalue weighted by atomic mass is 16.5. The van der Waals surface area contributed by atoms with Crippen molar-refractivity contribution < 1.29 is 9.15 Å². The van der Waals surface area contributed by atoms with Crippen molar-refractivity contribution in [2.75, 3.05) is 6.61 Å². The van der Waals surface area contributed by atoms with Gasteiger partial charge in [0.15, 0.2) is 0 Å². The molecule has 0 aliphatic carbocycles. The molecule has 0 saturated carbocycles. The lowest BCUT2D eigenvalue weighted by molar-refractivity contribution is 0.122. The van der Waals surface area contributed by atoms with E-state index in [1.165, 1.54) is 0 Å². The maximum atomic E-state index is 5.48. The minimum absolute atomic E-state index is 0.423. The highest BCUT2D eigenvalue weighted by Crippen LogP contribution is 2.11. The Morgan fingerprint density at radius 2 is 2.43 bits per heavy atom. The predicted octanol–water partition coefficient (Wildman–Crippen LogP) is 2.22. The Morgan fingerprint density at radius 3 is 3.07 bits per heavy atom. The molecule has 0 bridgehead atoms. The monoisotopic (exact) mass is 195 g/mol. The fourth-order valence-electron chi connectivity index (χ4n) is 1.10. The summed E-state index contributed by atoms with van der Waals surface area (Å²) in [6.45, 7) is 7.48. The largest absolute Gasteiger partial charge is 0.468 e. The zero-order valence-corrected chi connectivity index (χ0v) is 8.58. The predicted molar refractivity (Wildman–Crippen MR) is 55.7 cm³/mol. The van der Waals surface area contributed by atoms with Crippen molar-refractivity contribution in [3.63, 3.8) is 0 Å². The van der Waals surface area contributed by atoms with Gasteiger partial charge in [0.2, 0.25) is 0 Å². The van der Waals surface area contributed by atoms with Crippen LogP contribution in [0.2, 0.25) is 0 Å². The summed E-state index contributed by atoms with van der Waals surface area (Å²) < 4.78 is 10.6. The fraction of sp³-hybridized carbons (Fsp3) is 0.455. The van der Waals surface area contributed by atoms with E-state index in [-0.39, 0.29) is 0 Å². The summed E-state index contributed by atoms with van der Waals surface area (Å²) in [6.07, 6.45) is 2.54. The molecule has 0 saturated heterocycles. The molecule has 0 fully saturated rings. The summed E-state index contributed by atoms with van der Waals surface area (Å²) in [5.74, 6) is 0.806. The third-order valence-corrected chi connectivity index (χ3v) is 1.95. The molecular weight excluding hydrogens is 178 g/mol. The van der Waals surface area contributed by atoms with Crippen LogP contribution in [0.15, 0.2) is 28.9 Å². The summed E-state index contributed by atoms with van der Waals surface area (Å²) in [7, 11) is 0. The molecule has 78 valence electrons. The van der Waals surface area contributed by atoms with Crippen LogP contribution in [0.1, 0.15) is 24.7 Å². The molecule has 1 aromatic heterocycles. The summed E-state index contributed by atoms with van der Waals surface area (Å²) >= 11 is 0. The topological polar surface area (TPSA) is 48.4 Å². The van der Waals surface area contributed by atoms with Crippen LogP contribution in [0.3, 0.4) is 0 Å². The number of ether oxygens (including phenoxy) is 1. The maximum Gasteiger partial charge on any atom is 0.122 e. The minimum Gasteiger partial charge on any atom is -0.468 e. The zero-order valence-electron chi connectivity index (χ0n) is 8.58. The highest BCUT2D eigenvalue weighted by Gasteiger charge is 2.03. The van der Waals surface area contributed by atoms with Crippen molar-refractivity contribution in [2.45, 2.75) is 26.5 Å². The van der Waals surface area contributed by atoms with E-state index < -0.39 is 0 Å². The molecule has 0 unspecified atom stereocenters. The lowest BCUT2D eigenvalue weighted by atomic mass is 10.2. The second kappa shape index (κ2) is 5.62. The van der Waals surface area contributed by atoms with Crippen LogP contribution in [-0.2, 0) is 17.9 Å². The Hall–Kier alpha value is -1.06. The molecule has 14 heavy (non-hydrogen) atoms. The van der Waals surface area contributed by atoms with Crippen LogP contribution >= 0.6 is 0 Å². The maximum absolute atomic E-state index is 5.48. The summed E-state index contributed by atoms with van der Waals surface area (Å²) in [4.78, 5) is 0. The molecule has 0 atom stereocenters. The zero-order chi connectivity index (χ0) is 10.4. The molecule has 3 nitrogen and oxygen atoms in total. The second-order valence-corrected chi connectivity index (χ2v) is 3.33. The van der Waals surface area contributed by atoms with E-state index in [9.17, 15) is 0 Å². The number of furan rings is 1. The summed E-state index contributed by atoms with van der Waals surface area (Å²) in [6, 6.07) is 1.89. The number of hydrogen-bond acceptors (Lipinski definition) is 3. The Morgan fingerprint density at radius 1 is 1.64 bits per heavy atom. The normalized spacial score (nSPS) is 10.4. The Balaban J connectivity index is 2.27. The van der Waals surface area contributed by atoms with Crippen molar-refractivity contribution in [1.29, 1.82) is 0 Å². The average Bonchev–Trinajstić information content (AvgIpc) is 2.59. The third-order valence-electron chi connectivity index (χ3n) is 1.95. The molecular formula is C11H17NO2. The molecule has 1 rings (SSSR count). The minimum atomic E-state index is 0.423. The molecule has 0 aromatic carbocycles. The summed E-state index contributed by atoms with van der Waals surface area (Å²) in [5, 5.41) is 0. The smallest absolute Gasteiger partial charge is 0.122 e. The second-order valence-electron chi connectivity index (χ2n) is 3.33. The van der Waals surface area contributed by atoms with Crippen molar-refractivity contribution in [3.05, 3.63) is 35.8 Å². The Kier molecular flexibility index (Phi) is 4.43. The molecule has 1 aromatic rings. The van der Waals surface area contributed by atoms with Crippen LogP contribution < -0.4 is 5.73 Å². The van der Waals surface area contributed by atoms with Gasteiger partial charge in [0.1, 0.15) is 5.76 Å². The average molecular weight is 195 g/mol. The van der Waals surface area contributed by atoms with Gasteiger partial charge < -0.3 is 14.9 Å². The number of hydrogen-bond donors (Lipinski definition) is 1. The molecule has 3 heteroatoms. The lowest BCUT2D eigenvalue weighted by Gasteiger charge is -2.03. The van der Waals surface area contributed by atoms with Gasteiger partial charge in [-0.2, -0.15) is 0 Å². The van der Waals surface area contributed by atoms with Gasteiger partial charge in [-0.1, -0.05) is 5.57 Å². The molecule has 0 radical (unpaired) electrons. The fourth-order valence-corrected chi connectivity index (χ4v) is 1.10. The van der Waals surface area contributed by atoms with Gasteiger partial charge >= 0.3 is 0 Å². The van der Waals surface area contributed by atoms with Crippen molar-refractivity contribution >= 4 is 0 Å². The van der Waals surface area contributed by atoms with E-state index in [2.05, 4.69) is 6.58 Å². The third kappa shape index (κ3) is 3.36. The first kappa shape index (κ1) is 11.0. The van der Waals surface area contributed by atoms with Gasteiger partial charge in [-0.3, -0.25) is 0 Å². The van der Waals surface area contributed by atoms with E-state index in [0.29, 0.717) is 19.8 Å². The highest BCUT2D eigenvalue weighted by molar-refractivity contribution is 5.15. The van der Waals surface area contributed by atoms with Crippen LogP contribution in [-0.4, -0.2) is 6.61 Å². The van der Waals surface area contributed by atoms with Gasteiger partial charge in [0.25, 0.3) is 0 Å². The SMILES string of the molecule is C=C(C)CCOCc1ccoc1CN. The van der Waals surface area contributed by atoms with Gasteiger partial charge in [0, 0.05) is 5.56 Å². The summed E-state index contributed by atoms with van der Waals surface area (Å²) in [5.41, 5.74) is 7.66. The Bertz CT molecular complexity index is 291. The molecule has 0 aliphatic rings. The first-order valence-electron chi connectivity index (χ1n) is 4.71. The van der Waals surface area contributed by atoms with Gasteiger partial charge in [-0.25, -0.2) is 0 Å². The van der Waals surface area contributed by atoms with Gasteiger partial charge in [0.05, 0.1) is 26.0 Å². The molecule has 2 N–H and O–H groups in total. The standard InChI is InChI=1S/C11H17NO2/c1-9(2)3-5-13-8-10-4-6-14-11(10)7-12/h4,6H,1,3,5,7-8,12H2,2H3.